The van der Waals surface area contributed by atoms with Gasteiger partial charge in [0.2, 0.25) is 0 Å². The normalized spacial score (nSPS) is 15.3. The highest BCUT2D eigenvalue weighted by molar-refractivity contribution is 5.95. The smallest absolute Gasteiger partial charge is 0.333 e. The van der Waals surface area contributed by atoms with Crippen molar-refractivity contribution < 1.29 is 19.0 Å². The number of ether oxygens (including phenoxy) is 3. The Balaban J connectivity index is 1.73. The number of benzene rings is 2. The minimum atomic E-state index is -0.249. The van der Waals surface area contributed by atoms with Crippen LogP contribution in [0.25, 0.3) is 17.2 Å². The summed E-state index contributed by atoms with van der Waals surface area (Å²) in [6, 6.07) is 14.5. The van der Waals surface area contributed by atoms with E-state index in [1.54, 1.807) is 0 Å². The molecule has 0 amide bonds. The second kappa shape index (κ2) is 11.6. The Morgan fingerprint density at radius 3 is 2.55 bits per heavy atom. The molecule has 1 heterocycles. The summed E-state index contributed by atoms with van der Waals surface area (Å²) < 4.78 is 16.3. The van der Waals surface area contributed by atoms with E-state index in [1.165, 1.54) is 7.11 Å². The zero-order chi connectivity index (χ0) is 22.1. The van der Waals surface area contributed by atoms with E-state index in [9.17, 15) is 4.79 Å². The minimum Gasteiger partial charge on any atom is -0.491 e. The summed E-state index contributed by atoms with van der Waals surface area (Å²) in [5.41, 5.74) is 5.08. The summed E-state index contributed by atoms with van der Waals surface area (Å²) in [6.07, 6.45) is 5.83. The second-order valence-electron chi connectivity index (χ2n) is 7.80. The van der Waals surface area contributed by atoms with Gasteiger partial charge in [0.05, 0.1) is 13.7 Å². The fourth-order valence-corrected chi connectivity index (χ4v) is 3.69. The lowest BCUT2D eigenvalue weighted by Gasteiger charge is -2.25. The lowest BCUT2D eigenvalue weighted by molar-refractivity contribution is -0.136. The molecule has 2 aromatic rings. The van der Waals surface area contributed by atoms with Gasteiger partial charge in [0, 0.05) is 31.5 Å². The van der Waals surface area contributed by atoms with Crippen LogP contribution in [0.3, 0.4) is 0 Å². The summed E-state index contributed by atoms with van der Waals surface area (Å²) in [5.74, 6) is 0.586. The quantitative estimate of drug-likeness (QED) is 0.403. The number of carbonyl (C=O) groups is 1. The van der Waals surface area contributed by atoms with Gasteiger partial charge in [0.25, 0.3) is 0 Å². The average molecular weight is 424 g/mol. The molecule has 0 unspecified atom stereocenters. The number of esters is 1. The van der Waals surface area contributed by atoms with E-state index in [0.717, 1.165) is 72.5 Å². The van der Waals surface area contributed by atoms with Crippen LogP contribution in [-0.4, -0.2) is 46.5 Å². The van der Waals surface area contributed by atoms with E-state index in [1.807, 2.05) is 18.2 Å². The first kappa shape index (κ1) is 22.9. The number of hydrogen-bond donors (Lipinski definition) is 0. The third kappa shape index (κ3) is 6.34. The molecule has 31 heavy (non-hydrogen) atoms. The lowest BCUT2D eigenvalue weighted by atomic mass is 9.97. The summed E-state index contributed by atoms with van der Waals surface area (Å²) in [4.78, 5) is 14.4. The molecule has 1 aliphatic heterocycles. The van der Waals surface area contributed by atoms with Gasteiger partial charge in [-0.2, -0.15) is 0 Å². The van der Waals surface area contributed by atoms with Crippen molar-refractivity contribution in [3.63, 3.8) is 0 Å². The van der Waals surface area contributed by atoms with E-state index >= 15 is 0 Å². The van der Waals surface area contributed by atoms with E-state index < -0.39 is 0 Å². The van der Waals surface area contributed by atoms with Crippen molar-refractivity contribution in [1.82, 2.24) is 0 Å². The highest BCUT2D eigenvalue weighted by Crippen LogP contribution is 2.32. The van der Waals surface area contributed by atoms with Crippen LogP contribution in [-0.2, 0) is 14.3 Å². The van der Waals surface area contributed by atoms with Gasteiger partial charge < -0.3 is 19.1 Å². The average Bonchev–Trinajstić information content (AvgIpc) is 2.79. The Labute approximate surface area is 185 Å². The van der Waals surface area contributed by atoms with E-state index in [4.69, 9.17) is 14.2 Å². The molecule has 5 nitrogen and oxygen atoms in total. The Bertz CT molecular complexity index is 889. The Morgan fingerprint density at radius 2 is 1.81 bits per heavy atom. The molecule has 0 aliphatic carbocycles. The highest BCUT2D eigenvalue weighted by Gasteiger charge is 2.16. The number of hydrogen-bond acceptors (Lipinski definition) is 5. The van der Waals surface area contributed by atoms with Gasteiger partial charge in [-0.05, 0) is 66.3 Å². The predicted molar refractivity (Wildman–Crippen MR) is 126 cm³/mol. The van der Waals surface area contributed by atoms with Crippen molar-refractivity contribution in [2.24, 2.45) is 0 Å². The van der Waals surface area contributed by atoms with Gasteiger partial charge in [-0.1, -0.05) is 31.5 Å². The molecule has 0 saturated heterocycles. The summed E-state index contributed by atoms with van der Waals surface area (Å²) in [6.45, 7) is 5.00. The molecule has 0 aromatic heterocycles. The van der Waals surface area contributed by atoms with Crippen LogP contribution in [0.2, 0.25) is 0 Å². The molecule has 2 aromatic carbocycles. The summed E-state index contributed by atoms with van der Waals surface area (Å²) in [7, 11) is 3.53. The molecule has 3 rings (SSSR count). The zero-order valence-electron chi connectivity index (χ0n) is 18.9. The third-order valence-corrected chi connectivity index (χ3v) is 5.48. The minimum absolute atomic E-state index is 0.249. The molecule has 0 fully saturated rings. The lowest BCUT2D eigenvalue weighted by Crippen LogP contribution is -2.21. The first-order valence-electron chi connectivity index (χ1n) is 11.1. The molecule has 1 aliphatic rings. The van der Waals surface area contributed by atoms with Crippen molar-refractivity contribution in [3.05, 3.63) is 53.6 Å². The maximum Gasteiger partial charge on any atom is 0.333 e. The molecule has 0 bridgehead atoms. The van der Waals surface area contributed by atoms with Crippen molar-refractivity contribution in [2.45, 2.75) is 32.6 Å². The monoisotopic (exact) mass is 423 g/mol. The molecule has 0 radical (unpaired) electrons. The predicted octanol–water partition coefficient (Wildman–Crippen LogP) is 5.34. The molecule has 0 N–H and O–H groups in total. The number of anilines is 1. The van der Waals surface area contributed by atoms with Gasteiger partial charge in [-0.25, -0.2) is 4.79 Å². The van der Waals surface area contributed by atoms with Crippen LogP contribution in [0.5, 0.6) is 5.75 Å². The maximum absolute atomic E-state index is 12.1. The number of carbonyl (C=O) groups excluding carboxylic acids is 1. The maximum atomic E-state index is 12.1. The van der Waals surface area contributed by atoms with Gasteiger partial charge in [0.1, 0.15) is 12.4 Å². The molecule has 5 heteroatoms. The van der Waals surface area contributed by atoms with Crippen LogP contribution < -0.4 is 9.64 Å². The standard InChI is InChI=1S/C26H33NO4/c1-4-5-15-30-16-17-31-24-11-8-20(9-12-24)21-10-13-25-23(18-21)19-22(26(28)29-3)7-6-14-27(25)2/h8-13,18-19H,4-7,14-17H2,1-3H3/b22-19+. The third-order valence-electron chi connectivity index (χ3n) is 5.48. The largest absolute Gasteiger partial charge is 0.491 e. The Morgan fingerprint density at radius 1 is 1.03 bits per heavy atom. The van der Waals surface area contributed by atoms with Gasteiger partial charge in [-0.3, -0.25) is 0 Å². The SMILES string of the molecule is CCCCOCCOc1ccc(-c2ccc3c(c2)/C=C(/C(=O)OC)CCCN3C)cc1. The Hall–Kier alpha value is -2.79. The van der Waals surface area contributed by atoms with Gasteiger partial charge in [-0.15, -0.1) is 0 Å². The number of methoxy groups -OCH3 is 1. The zero-order valence-corrected chi connectivity index (χ0v) is 18.9. The highest BCUT2D eigenvalue weighted by atomic mass is 16.5. The van der Waals surface area contributed by atoms with E-state index in [2.05, 4.69) is 49.2 Å². The van der Waals surface area contributed by atoms with E-state index in [-0.39, 0.29) is 5.97 Å². The van der Waals surface area contributed by atoms with Crippen LogP contribution in [0.4, 0.5) is 5.69 Å². The molecule has 0 saturated carbocycles. The van der Waals surface area contributed by atoms with Crippen LogP contribution >= 0.6 is 0 Å². The number of fused-ring (bicyclic) bond motifs is 1. The Kier molecular flexibility index (Phi) is 8.53. The molecule has 0 spiro atoms. The van der Waals surface area contributed by atoms with Gasteiger partial charge >= 0.3 is 5.97 Å². The fourth-order valence-electron chi connectivity index (χ4n) is 3.69. The van der Waals surface area contributed by atoms with Crippen molar-refractivity contribution in [1.29, 1.82) is 0 Å². The summed E-state index contributed by atoms with van der Waals surface area (Å²) in [5, 5.41) is 0. The molecular weight excluding hydrogens is 390 g/mol. The van der Waals surface area contributed by atoms with Crippen LogP contribution in [0, 0.1) is 0 Å². The second-order valence-corrected chi connectivity index (χ2v) is 7.80. The number of unbranched alkanes of at least 4 members (excludes halogenated alkanes) is 1. The number of nitrogens with zero attached hydrogens (tertiary/aromatic N) is 1. The van der Waals surface area contributed by atoms with Crippen molar-refractivity contribution in [2.75, 3.05) is 45.4 Å². The van der Waals surface area contributed by atoms with Crippen LogP contribution in [0.15, 0.2) is 48.0 Å². The van der Waals surface area contributed by atoms with Gasteiger partial charge in [0.15, 0.2) is 0 Å². The number of rotatable bonds is 9. The van der Waals surface area contributed by atoms with E-state index in [0.29, 0.717) is 13.2 Å². The topological polar surface area (TPSA) is 48.0 Å². The first-order valence-corrected chi connectivity index (χ1v) is 11.1. The first-order chi connectivity index (χ1) is 15.1. The molecule has 0 atom stereocenters. The molecular formula is C26H33NO4. The van der Waals surface area contributed by atoms with Crippen molar-refractivity contribution >= 4 is 17.7 Å². The van der Waals surface area contributed by atoms with Crippen molar-refractivity contribution in [3.8, 4) is 16.9 Å². The van der Waals surface area contributed by atoms with Crippen LogP contribution in [0.1, 0.15) is 38.2 Å². The molecule has 166 valence electrons. The summed E-state index contributed by atoms with van der Waals surface area (Å²) >= 11 is 0. The fraction of sp³-hybridized carbons (Fsp3) is 0.423.